The van der Waals surface area contributed by atoms with E-state index in [4.69, 9.17) is 13.6 Å². The van der Waals surface area contributed by atoms with Gasteiger partial charge in [-0.3, -0.25) is 9.59 Å². The van der Waals surface area contributed by atoms with Gasteiger partial charge in [0.2, 0.25) is 28.0 Å². The fourth-order valence-corrected chi connectivity index (χ4v) is 3.42. The summed E-state index contributed by atoms with van der Waals surface area (Å²) in [4.78, 5) is 34.7. The molecule has 134 valence electrons. The zero-order chi connectivity index (χ0) is 18.5. The predicted molar refractivity (Wildman–Crippen MR) is 92.4 cm³/mol. The Hall–Kier alpha value is -2.92. The lowest BCUT2D eigenvalue weighted by Crippen LogP contribution is -2.14. The number of furan rings is 1. The van der Waals surface area contributed by atoms with Crippen LogP contribution >= 0.6 is 23.1 Å². The van der Waals surface area contributed by atoms with Crippen molar-refractivity contribution in [1.82, 2.24) is 10.2 Å². The molecule has 0 spiro atoms. The third-order valence-corrected chi connectivity index (χ3v) is 4.80. The molecule has 0 aromatic carbocycles. The fraction of sp³-hybridized carbons (Fsp3) is 0.133. The molecule has 3 aromatic rings. The summed E-state index contributed by atoms with van der Waals surface area (Å²) in [6.45, 7) is 1.38. The van der Waals surface area contributed by atoms with Gasteiger partial charge in [0.15, 0.2) is 4.34 Å². The van der Waals surface area contributed by atoms with E-state index in [0.717, 1.165) is 6.26 Å². The highest BCUT2D eigenvalue weighted by Crippen LogP contribution is 2.28. The minimum absolute atomic E-state index is 0.0183. The third-order valence-electron chi connectivity index (χ3n) is 2.80. The molecule has 1 N–H and O–H groups in total. The first kappa shape index (κ1) is 17.9. The molecule has 0 aliphatic carbocycles. The Morgan fingerprint density at radius 2 is 2.19 bits per heavy atom. The summed E-state index contributed by atoms with van der Waals surface area (Å²) in [5, 5.41) is 10.6. The molecular weight excluding hydrogens is 382 g/mol. The van der Waals surface area contributed by atoms with Gasteiger partial charge in [0.05, 0.1) is 12.0 Å². The summed E-state index contributed by atoms with van der Waals surface area (Å²) in [5.41, 5.74) is -0.497. The molecule has 0 unspecified atom stereocenters. The predicted octanol–water partition coefficient (Wildman–Crippen LogP) is 2.55. The van der Waals surface area contributed by atoms with E-state index < -0.39 is 11.4 Å². The molecule has 3 aromatic heterocycles. The van der Waals surface area contributed by atoms with E-state index in [2.05, 4.69) is 15.5 Å². The lowest BCUT2D eigenvalue weighted by atomic mass is 10.4. The van der Waals surface area contributed by atoms with Gasteiger partial charge in [-0.15, -0.1) is 10.2 Å². The van der Waals surface area contributed by atoms with Crippen molar-refractivity contribution in [2.75, 3.05) is 5.32 Å². The molecule has 0 saturated carbocycles. The smallest absolute Gasteiger partial charge is 0.379 e. The molecule has 9 nitrogen and oxygen atoms in total. The number of thioether (sulfide) groups is 1. The van der Waals surface area contributed by atoms with Crippen LogP contribution in [0.2, 0.25) is 0 Å². The molecule has 1 amide bonds. The van der Waals surface area contributed by atoms with Gasteiger partial charge in [0, 0.05) is 13.0 Å². The maximum absolute atomic E-state index is 12.0. The summed E-state index contributed by atoms with van der Waals surface area (Å²) in [6.07, 6.45) is 2.39. The van der Waals surface area contributed by atoms with E-state index in [0.29, 0.717) is 21.0 Å². The van der Waals surface area contributed by atoms with Gasteiger partial charge >= 0.3 is 5.97 Å². The number of nitrogens with one attached hydrogen (secondary N) is 1. The molecule has 0 radical (unpaired) electrons. The number of carbonyl (C=O) groups excluding carboxylic acids is 2. The van der Waals surface area contributed by atoms with Crippen LogP contribution in [-0.2, 0) is 10.5 Å². The fourth-order valence-electron chi connectivity index (χ4n) is 1.74. The maximum Gasteiger partial charge on any atom is 0.379 e. The maximum atomic E-state index is 12.0. The molecular formula is C15H11N3O6S2. The summed E-state index contributed by atoms with van der Waals surface area (Å²) in [7, 11) is 0. The molecule has 0 atom stereocenters. The summed E-state index contributed by atoms with van der Waals surface area (Å²) in [5.74, 6) is -0.586. The van der Waals surface area contributed by atoms with Crippen LogP contribution < -0.4 is 15.5 Å². The lowest BCUT2D eigenvalue weighted by Gasteiger charge is -2.02. The zero-order valence-corrected chi connectivity index (χ0v) is 14.9. The van der Waals surface area contributed by atoms with Crippen molar-refractivity contribution in [2.24, 2.45) is 0 Å². The molecule has 0 aliphatic heterocycles. The number of hydrogen-bond donors (Lipinski definition) is 1. The minimum Gasteiger partial charge on any atom is -0.464 e. The van der Waals surface area contributed by atoms with Crippen LogP contribution in [0.3, 0.4) is 0 Å². The molecule has 0 aliphatic rings. The van der Waals surface area contributed by atoms with Crippen LogP contribution in [0.15, 0.2) is 48.7 Å². The van der Waals surface area contributed by atoms with Crippen molar-refractivity contribution in [1.29, 1.82) is 0 Å². The van der Waals surface area contributed by atoms with Crippen molar-refractivity contribution in [3.8, 4) is 5.75 Å². The second kappa shape index (κ2) is 7.97. The molecule has 26 heavy (non-hydrogen) atoms. The number of amides is 1. The van der Waals surface area contributed by atoms with Crippen molar-refractivity contribution in [3.05, 3.63) is 52.5 Å². The number of esters is 1. The summed E-state index contributed by atoms with van der Waals surface area (Å²) >= 11 is 2.49. The van der Waals surface area contributed by atoms with Crippen LogP contribution in [0.5, 0.6) is 5.75 Å². The molecule has 11 heteroatoms. The number of aromatic nitrogens is 2. The third kappa shape index (κ3) is 4.58. The molecule has 0 saturated heterocycles. The Labute approximate surface area is 154 Å². The largest absolute Gasteiger partial charge is 0.464 e. The van der Waals surface area contributed by atoms with Crippen molar-refractivity contribution in [3.63, 3.8) is 0 Å². The van der Waals surface area contributed by atoms with Gasteiger partial charge in [-0.05, 0) is 12.1 Å². The second-order valence-corrected chi connectivity index (χ2v) is 6.98. The Bertz CT molecular complexity index is 979. The van der Waals surface area contributed by atoms with E-state index in [-0.39, 0.29) is 17.4 Å². The van der Waals surface area contributed by atoms with Gasteiger partial charge in [-0.1, -0.05) is 23.1 Å². The molecule has 3 heterocycles. The quantitative estimate of drug-likeness (QED) is 0.382. The number of hydrogen-bond acceptors (Lipinski definition) is 10. The Balaban J connectivity index is 1.60. The number of rotatable bonds is 6. The van der Waals surface area contributed by atoms with Crippen LogP contribution in [0.25, 0.3) is 0 Å². The van der Waals surface area contributed by atoms with Crippen LogP contribution in [-0.4, -0.2) is 22.1 Å². The van der Waals surface area contributed by atoms with Gasteiger partial charge in [-0.25, -0.2) is 4.79 Å². The highest BCUT2D eigenvalue weighted by Gasteiger charge is 2.15. The number of nitrogens with zero attached hydrogens (tertiary/aromatic N) is 2. The molecule has 3 rings (SSSR count). The number of ether oxygens (including phenoxy) is 1. The number of carbonyl (C=O) groups is 2. The van der Waals surface area contributed by atoms with Gasteiger partial charge in [0.25, 0.3) is 0 Å². The standard InChI is InChI=1S/C15H11N3O6S2/c1-8(19)16-14-17-18-15(26-14)25-7-9-5-10(20)12(6-23-9)24-13(21)11-3-2-4-22-11/h2-6H,7H2,1H3,(H,16,17,19). The topological polar surface area (TPSA) is 125 Å². The Morgan fingerprint density at radius 1 is 1.35 bits per heavy atom. The molecule has 0 bridgehead atoms. The van der Waals surface area contributed by atoms with Crippen LogP contribution in [0, 0.1) is 0 Å². The number of anilines is 1. The van der Waals surface area contributed by atoms with E-state index in [9.17, 15) is 14.4 Å². The van der Waals surface area contributed by atoms with Gasteiger partial charge in [0.1, 0.15) is 12.0 Å². The normalized spacial score (nSPS) is 10.5. The first-order chi connectivity index (χ1) is 12.5. The van der Waals surface area contributed by atoms with Crippen molar-refractivity contribution in [2.45, 2.75) is 17.0 Å². The Kier molecular flexibility index (Phi) is 5.49. The van der Waals surface area contributed by atoms with Gasteiger partial charge < -0.3 is 18.9 Å². The van der Waals surface area contributed by atoms with E-state index in [1.807, 2.05) is 0 Å². The monoisotopic (exact) mass is 393 g/mol. The van der Waals surface area contributed by atoms with Crippen LogP contribution in [0.4, 0.5) is 5.13 Å². The first-order valence-electron chi connectivity index (χ1n) is 7.12. The SMILES string of the molecule is CC(=O)Nc1nnc(SCc2cc(=O)c(OC(=O)c3ccco3)co2)s1. The van der Waals surface area contributed by atoms with Crippen molar-refractivity contribution < 1.29 is 23.2 Å². The molecule has 0 fully saturated rings. The summed E-state index contributed by atoms with van der Waals surface area (Å²) in [6, 6.07) is 4.18. The Morgan fingerprint density at radius 3 is 2.88 bits per heavy atom. The van der Waals surface area contributed by atoms with Crippen molar-refractivity contribution >= 4 is 40.1 Å². The average molecular weight is 393 g/mol. The average Bonchev–Trinajstić information content (AvgIpc) is 3.26. The highest BCUT2D eigenvalue weighted by atomic mass is 32.2. The van der Waals surface area contributed by atoms with Crippen LogP contribution in [0.1, 0.15) is 23.2 Å². The van der Waals surface area contributed by atoms with E-state index >= 15 is 0 Å². The van der Waals surface area contributed by atoms with Gasteiger partial charge in [-0.2, -0.15) is 0 Å². The zero-order valence-electron chi connectivity index (χ0n) is 13.3. The first-order valence-corrected chi connectivity index (χ1v) is 8.93. The summed E-state index contributed by atoms with van der Waals surface area (Å²) < 4.78 is 15.7. The lowest BCUT2D eigenvalue weighted by molar-refractivity contribution is -0.114. The second-order valence-electron chi connectivity index (χ2n) is 4.78. The highest BCUT2D eigenvalue weighted by molar-refractivity contribution is 8.00. The van der Waals surface area contributed by atoms with E-state index in [1.54, 1.807) is 0 Å². The van der Waals surface area contributed by atoms with E-state index in [1.165, 1.54) is 54.5 Å². The minimum atomic E-state index is -0.788.